The molecule has 1 aliphatic heterocycles. The van der Waals surface area contributed by atoms with Crippen molar-refractivity contribution in [3.8, 4) is 0 Å². The van der Waals surface area contributed by atoms with Gasteiger partial charge in [-0.25, -0.2) is 4.79 Å². The van der Waals surface area contributed by atoms with Crippen molar-refractivity contribution >= 4 is 28.5 Å². The standard InChI is InChI=1S/C14H13N3O3/c1-9(18)17-7-6-15-14(17)16-11-8-10-4-2-3-5-12(10)20-13(11)19/h2-5,8H,6-7H2,1H3,(H,15,16). The van der Waals surface area contributed by atoms with Crippen molar-refractivity contribution in [1.82, 2.24) is 4.90 Å². The molecule has 20 heavy (non-hydrogen) atoms. The van der Waals surface area contributed by atoms with Crippen LogP contribution in [0, 0.1) is 0 Å². The smallest absolute Gasteiger partial charge is 0.360 e. The van der Waals surface area contributed by atoms with Crippen molar-refractivity contribution in [2.24, 2.45) is 4.99 Å². The van der Waals surface area contributed by atoms with Crippen LogP contribution in [0.15, 0.2) is 44.5 Å². The first-order chi connectivity index (χ1) is 9.65. The number of anilines is 1. The van der Waals surface area contributed by atoms with Crippen LogP contribution in [0.2, 0.25) is 0 Å². The highest BCUT2D eigenvalue weighted by atomic mass is 16.4. The third-order valence-corrected chi connectivity index (χ3v) is 3.11. The van der Waals surface area contributed by atoms with Crippen LogP contribution >= 0.6 is 0 Å². The van der Waals surface area contributed by atoms with Crippen LogP contribution in [-0.2, 0) is 4.79 Å². The molecule has 0 fully saturated rings. The van der Waals surface area contributed by atoms with Gasteiger partial charge in [-0.15, -0.1) is 0 Å². The summed E-state index contributed by atoms with van der Waals surface area (Å²) < 4.78 is 5.22. The fourth-order valence-electron chi connectivity index (χ4n) is 2.13. The number of carbonyl (C=O) groups excluding carboxylic acids is 1. The molecule has 1 aromatic carbocycles. The lowest BCUT2D eigenvalue weighted by atomic mass is 10.2. The Labute approximate surface area is 114 Å². The lowest BCUT2D eigenvalue weighted by molar-refractivity contribution is -0.124. The van der Waals surface area contributed by atoms with Gasteiger partial charge in [0, 0.05) is 18.9 Å². The highest BCUT2D eigenvalue weighted by Crippen LogP contribution is 2.16. The van der Waals surface area contributed by atoms with Gasteiger partial charge in [-0.1, -0.05) is 18.2 Å². The summed E-state index contributed by atoms with van der Waals surface area (Å²) in [4.78, 5) is 29.0. The van der Waals surface area contributed by atoms with Crippen molar-refractivity contribution < 1.29 is 9.21 Å². The molecule has 0 bridgehead atoms. The lowest BCUT2D eigenvalue weighted by Crippen LogP contribution is -2.37. The third-order valence-electron chi connectivity index (χ3n) is 3.11. The van der Waals surface area contributed by atoms with Crippen molar-refractivity contribution in [3.05, 3.63) is 40.8 Å². The lowest BCUT2D eigenvalue weighted by Gasteiger charge is -2.16. The second-order valence-electron chi connectivity index (χ2n) is 4.49. The maximum atomic E-state index is 11.9. The van der Waals surface area contributed by atoms with E-state index in [1.165, 1.54) is 11.8 Å². The molecule has 0 aliphatic carbocycles. The number of rotatable bonds is 1. The number of fused-ring (bicyclic) bond motifs is 1. The minimum atomic E-state index is -0.484. The molecule has 1 aromatic heterocycles. The summed E-state index contributed by atoms with van der Waals surface area (Å²) in [6.45, 7) is 2.52. The molecule has 2 aromatic rings. The Hall–Kier alpha value is -2.63. The summed E-state index contributed by atoms with van der Waals surface area (Å²) in [5.41, 5.74) is 0.317. The van der Waals surface area contributed by atoms with E-state index < -0.39 is 5.63 Å². The number of benzene rings is 1. The molecule has 1 aliphatic rings. The van der Waals surface area contributed by atoms with E-state index in [0.29, 0.717) is 24.6 Å². The predicted molar refractivity (Wildman–Crippen MR) is 75.8 cm³/mol. The van der Waals surface area contributed by atoms with Crippen LogP contribution in [0.1, 0.15) is 6.92 Å². The molecule has 102 valence electrons. The van der Waals surface area contributed by atoms with Gasteiger partial charge in [-0.05, 0) is 12.1 Å². The fraction of sp³-hybridized carbons (Fsp3) is 0.214. The number of guanidine groups is 1. The molecule has 0 radical (unpaired) electrons. The van der Waals surface area contributed by atoms with Crippen molar-refractivity contribution in [2.45, 2.75) is 6.92 Å². The van der Waals surface area contributed by atoms with Gasteiger partial charge in [0.25, 0.3) is 0 Å². The number of nitrogens with zero attached hydrogens (tertiary/aromatic N) is 2. The van der Waals surface area contributed by atoms with Gasteiger partial charge in [0.15, 0.2) is 0 Å². The topological polar surface area (TPSA) is 74.9 Å². The number of para-hydroxylation sites is 1. The monoisotopic (exact) mass is 271 g/mol. The van der Waals surface area contributed by atoms with Gasteiger partial charge in [0.05, 0.1) is 6.54 Å². The van der Waals surface area contributed by atoms with E-state index in [-0.39, 0.29) is 11.6 Å². The molecular weight excluding hydrogens is 258 g/mol. The second kappa shape index (κ2) is 4.80. The minimum Gasteiger partial charge on any atom is -0.421 e. The zero-order valence-electron chi connectivity index (χ0n) is 10.9. The van der Waals surface area contributed by atoms with E-state index in [4.69, 9.17) is 4.42 Å². The minimum absolute atomic E-state index is 0.112. The van der Waals surface area contributed by atoms with Crippen LogP contribution in [0.4, 0.5) is 5.69 Å². The predicted octanol–water partition coefficient (Wildman–Crippen LogP) is 1.42. The molecule has 2 heterocycles. The molecule has 3 rings (SSSR count). The fourth-order valence-corrected chi connectivity index (χ4v) is 2.13. The van der Waals surface area contributed by atoms with E-state index in [2.05, 4.69) is 10.3 Å². The van der Waals surface area contributed by atoms with Gasteiger partial charge < -0.3 is 9.73 Å². The normalized spacial score (nSPS) is 14.4. The average Bonchev–Trinajstić information content (AvgIpc) is 2.88. The van der Waals surface area contributed by atoms with Crippen LogP contribution in [0.25, 0.3) is 11.0 Å². The van der Waals surface area contributed by atoms with E-state index in [9.17, 15) is 9.59 Å². The molecule has 1 N–H and O–H groups in total. The SMILES string of the molecule is CC(=O)N1CCN=C1Nc1cc2ccccc2oc1=O. The quantitative estimate of drug-likeness (QED) is 0.796. The van der Waals surface area contributed by atoms with Gasteiger partial charge in [-0.3, -0.25) is 14.7 Å². The Balaban J connectivity index is 1.97. The molecule has 0 spiro atoms. The van der Waals surface area contributed by atoms with E-state index >= 15 is 0 Å². The van der Waals surface area contributed by atoms with Gasteiger partial charge in [-0.2, -0.15) is 0 Å². The molecule has 0 atom stereocenters. The van der Waals surface area contributed by atoms with Crippen LogP contribution < -0.4 is 10.9 Å². The summed E-state index contributed by atoms with van der Waals surface area (Å²) in [5.74, 6) is 0.277. The summed E-state index contributed by atoms with van der Waals surface area (Å²) in [6.07, 6.45) is 0. The Morgan fingerprint density at radius 3 is 3.00 bits per heavy atom. The van der Waals surface area contributed by atoms with Crippen molar-refractivity contribution in [1.29, 1.82) is 0 Å². The first kappa shape index (κ1) is 12.4. The van der Waals surface area contributed by atoms with Gasteiger partial charge in [0.2, 0.25) is 11.9 Å². The maximum absolute atomic E-state index is 11.9. The first-order valence-corrected chi connectivity index (χ1v) is 6.27. The van der Waals surface area contributed by atoms with Crippen LogP contribution in [-0.4, -0.2) is 29.9 Å². The number of hydrogen-bond donors (Lipinski definition) is 1. The molecule has 6 nitrogen and oxygen atoms in total. The Kier molecular flexibility index (Phi) is 2.98. The number of nitrogens with one attached hydrogen (secondary N) is 1. The zero-order valence-corrected chi connectivity index (χ0v) is 10.9. The summed E-state index contributed by atoms with van der Waals surface area (Å²) in [6, 6.07) is 8.94. The Bertz CT molecular complexity index is 764. The average molecular weight is 271 g/mol. The number of aliphatic imine (C=N–C) groups is 1. The Morgan fingerprint density at radius 1 is 1.40 bits per heavy atom. The van der Waals surface area contributed by atoms with Crippen LogP contribution in [0.3, 0.4) is 0 Å². The highest BCUT2D eigenvalue weighted by Gasteiger charge is 2.21. The Morgan fingerprint density at radius 2 is 2.20 bits per heavy atom. The maximum Gasteiger partial charge on any atom is 0.360 e. The third kappa shape index (κ3) is 2.16. The van der Waals surface area contributed by atoms with Gasteiger partial charge >= 0.3 is 5.63 Å². The first-order valence-electron chi connectivity index (χ1n) is 6.27. The van der Waals surface area contributed by atoms with Gasteiger partial charge in [0.1, 0.15) is 11.3 Å². The largest absolute Gasteiger partial charge is 0.421 e. The number of carbonyl (C=O) groups is 1. The molecular formula is C14H13N3O3. The van der Waals surface area contributed by atoms with E-state index in [1.54, 1.807) is 18.2 Å². The highest BCUT2D eigenvalue weighted by molar-refractivity contribution is 6.04. The number of amides is 1. The summed E-state index contributed by atoms with van der Waals surface area (Å²) in [7, 11) is 0. The molecule has 0 saturated heterocycles. The van der Waals surface area contributed by atoms with Crippen molar-refractivity contribution in [2.75, 3.05) is 18.4 Å². The second-order valence-corrected chi connectivity index (χ2v) is 4.49. The molecule has 6 heteroatoms. The number of hydrogen-bond acceptors (Lipinski definition) is 5. The van der Waals surface area contributed by atoms with Crippen LogP contribution in [0.5, 0.6) is 0 Å². The summed E-state index contributed by atoms with van der Waals surface area (Å²) >= 11 is 0. The van der Waals surface area contributed by atoms with Crippen molar-refractivity contribution in [3.63, 3.8) is 0 Å². The van der Waals surface area contributed by atoms with E-state index in [0.717, 1.165) is 5.39 Å². The molecule has 0 saturated carbocycles. The zero-order chi connectivity index (χ0) is 14.1. The molecule has 0 unspecified atom stereocenters. The molecule has 1 amide bonds. The summed E-state index contributed by atoms with van der Waals surface area (Å²) in [5, 5.41) is 3.69. The van der Waals surface area contributed by atoms with E-state index in [1.807, 2.05) is 12.1 Å².